The van der Waals surface area contributed by atoms with Crippen LogP contribution in [0.25, 0.3) is 0 Å². The summed E-state index contributed by atoms with van der Waals surface area (Å²) in [5.41, 5.74) is 0.519. The van der Waals surface area contributed by atoms with E-state index in [1.807, 2.05) is 39.6 Å². The van der Waals surface area contributed by atoms with Crippen LogP contribution in [0.2, 0.25) is 0 Å². The largest absolute Gasteiger partial charge is 0.444 e. The zero-order valence-electron chi connectivity index (χ0n) is 17.5. The summed E-state index contributed by atoms with van der Waals surface area (Å²) in [6, 6.07) is -0.0264. The van der Waals surface area contributed by atoms with E-state index in [-0.39, 0.29) is 36.1 Å². The van der Waals surface area contributed by atoms with Gasteiger partial charge in [0.05, 0.1) is 17.2 Å². The molecule has 0 aliphatic rings. The van der Waals surface area contributed by atoms with Crippen LogP contribution in [0.4, 0.5) is 4.79 Å². The zero-order valence-corrected chi connectivity index (χ0v) is 20.6. The van der Waals surface area contributed by atoms with Gasteiger partial charge in [0, 0.05) is 32.1 Å². The first-order valence-corrected chi connectivity index (χ1v) is 9.84. The summed E-state index contributed by atoms with van der Waals surface area (Å²) in [5.74, 6) is 0.766. The third-order valence-electron chi connectivity index (χ3n) is 3.50. The predicted molar refractivity (Wildman–Crippen MR) is 123 cm³/mol. The van der Waals surface area contributed by atoms with Crippen LogP contribution in [0.5, 0.6) is 0 Å². The van der Waals surface area contributed by atoms with Crippen LogP contribution in [-0.2, 0) is 11.3 Å². The van der Waals surface area contributed by atoms with Crippen LogP contribution in [0.15, 0.2) is 10.4 Å². The van der Waals surface area contributed by atoms with Gasteiger partial charge < -0.3 is 20.3 Å². The number of guanidine groups is 1. The number of aliphatic imine (C=N–C) groups is 1. The standard InChI is InChI=1S/C18H33N5O2S.HI/c1-8-9-14(22-17(24)25-18(3,4)5)10-20-16(19-6)23(7)11-15-12-26-13(2)21-15;/h12,14H,8-11H2,1-7H3,(H,19,20)(H,22,24);1H. The lowest BCUT2D eigenvalue weighted by molar-refractivity contribution is 0.0502. The maximum Gasteiger partial charge on any atom is 0.407 e. The van der Waals surface area contributed by atoms with E-state index in [2.05, 4.69) is 32.9 Å². The number of rotatable bonds is 7. The van der Waals surface area contributed by atoms with E-state index in [0.717, 1.165) is 29.5 Å². The van der Waals surface area contributed by atoms with Gasteiger partial charge in [0.25, 0.3) is 0 Å². The zero-order chi connectivity index (χ0) is 19.7. The highest BCUT2D eigenvalue weighted by molar-refractivity contribution is 14.0. The number of aryl methyl sites for hydroxylation is 1. The fraction of sp³-hybridized carbons (Fsp3) is 0.722. The third kappa shape index (κ3) is 10.7. The number of nitrogens with one attached hydrogen (secondary N) is 2. The van der Waals surface area contributed by atoms with Crippen LogP contribution in [0.3, 0.4) is 0 Å². The minimum absolute atomic E-state index is 0. The van der Waals surface area contributed by atoms with E-state index in [9.17, 15) is 4.79 Å². The Morgan fingerprint density at radius 1 is 1.44 bits per heavy atom. The molecule has 1 atom stereocenters. The normalized spacial score (nSPS) is 12.8. The molecule has 0 radical (unpaired) electrons. The van der Waals surface area contributed by atoms with Gasteiger partial charge in [-0.1, -0.05) is 13.3 Å². The van der Waals surface area contributed by atoms with Gasteiger partial charge in [0.1, 0.15) is 5.60 Å². The minimum Gasteiger partial charge on any atom is -0.444 e. The first-order valence-electron chi connectivity index (χ1n) is 8.97. The molecule has 0 bridgehead atoms. The molecule has 1 unspecified atom stereocenters. The first kappa shape index (κ1) is 25.9. The van der Waals surface area contributed by atoms with Gasteiger partial charge in [0.2, 0.25) is 0 Å². The molecule has 1 heterocycles. The molecule has 0 aromatic carbocycles. The lowest BCUT2D eigenvalue weighted by Crippen LogP contribution is -2.48. The lowest BCUT2D eigenvalue weighted by Gasteiger charge is -2.26. The van der Waals surface area contributed by atoms with Crippen molar-refractivity contribution < 1.29 is 9.53 Å². The molecule has 2 N–H and O–H groups in total. The second kappa shape index (κ2) is 12.4. The maximum absolute atomic E-state index is 12.0. The van der Waals surface area contributed by atoms with Crippen molar-refractivity contribution in [1.82, 2.24) is 20.5 Å². The van der Waals surface area contributed by atoms with Crippen LogP contribution in [0.1, 0.15) is 51.2 Å². The fourth-order valence-electron chi connectivity index (χ4n) is 2.45. The summed E-state index contributed by atoms with van der Waals surface area (Å²) >= 11 is 1.64. The highest BCUT2D eigenvalue weighted by Crippen LogP contribution is 2.10. The van der Waals surface area contributed by atoms with Crippen LogP contribution < -0.4 is 10.6 Å². The van der Waals surface area contributed by atoms with Crippen molar-refractivity contribution in [3.63, 3.8) is 0 Å². The third-order valence-corrected chi connectivity index (χ3v) is 4.33. The molecular weight excluding hydrogens is 477 g/mol. The molecule has 0 aliphatic carbocycles. The molecule has 0 saturated carbocycles. The Morgan fingerprint density at radius 2 is 2.11 bits per heavy atom. The molecule has 7 nitrogen and oxygen atoms in total. The SMILES string of the molecule is CCCC(CNC(=NC)N(C)Cc1csc(C)n1)NC(=O)OC(C)(C)C.I. The molecule has 156 valence electrons. The smallest absolute Gasteiger partial charge is 0.407 e. The summed E-state index contributed by atoms with van der Waals surface area (Å²) in [7, 11) is 3.72. The Bertz CT molecular complexity index is 601. The monoisotopic (exact) mass is 511 g/mol. The number of carbonyl (C=O) groups is 1. The Labute approximate surface area is 184 Å². The lowest BCUT2D eigenvalue weighted by atomic mass is 10.1. The highest BCUT2D eigenvalue weighted by Gasteiger charge is 2.19. The predicted octanol–water partition coefficient (Wildman–Crippen LogP) is 3.77. The number of hydrogen-bond donors (Lipinski definition) is 2. The molecule has 9 heteroatoms. The Kier molecular flexibility index (Phi) is 11.9. The van der Waals surface area contributed by atoms with Crippen molar-refractivity contribution in [2.75, 3.05) is 20.6 Å². The van der Waals surface area contributed by atoms with Crippen molar-refractivity contribution in [3.8, 4) is 0 Å². The van der Waals surface area contributed by atoms with Crippen molar-refractivity contribution in [1.29, 1.82) is 0 Å². The quantitative estimate of drug-likeness (QED) is 0.331. The molecule has 1 aromatic rings. The number of thiazole rings is 1. The summed E-state index contributed by atoms with van der Waals surface area (Å²) in [6.07, 6.45) is 1.44. The van der Waals surface area contributed by atoms with Crippen molar-refractivity contribution >= 4 is 47.4 Å². The van der Waals surface area contributed by atoms with Gasteiger partial charge in [-0.3, -0.25) is 4.99 Å². The van der Waals surface area contributed by atoms with Crippen LogP contribution in [0, 0.1) is 6.92 Å². The Hall–Kier alpha value is -1.10. The number of halogens is 1. The second-order valence-corrected chi connectivity index (χ2v) is 8.34. The minimum atomic E-state index is -0.504. The average Bonchev–Trinajstić information content (AvgIpc) is 2.91. The molecular formula is C18H34IN5O2S. The van der Waals surface area contributed by atoms with Crippen molar-refractivity contribution in [3.05, 3.63) is 16.1 Å². The van der Waals surface area contributed by atoms with E-state index >= 15 is 0 Å². The molecule has 1 rings (SSSR count). The van der Waals surface area contributed by atoms with Crippen LogP contribution >= 0.6 is 35.3 Å². The van der Waals surface area contributed by atoms with Crippen LogP contribution in [-0.4, -0.2) is 54.2 Å². The molecule has 0 saturated heterocycles. The number of aromatic nitrogens is 1. The molecule has 1 amide bonds. The topological polar surface area (TPSA) is 78.9 Å². The molecule has 0 spiro atoms. The maximum atomic E-state index is 12.0. The summed E-state index contributed by atoms with van der Waals surface area (Å²) in [4.78, 5) is 22.9. The summed E-state index contributed by atoms with van der Waals surface area (Å²) in [5, 5.41) is 9.38. The summed E-state index contributed by atoms with van der Waals surface area (Å²) in [6.45, 7) is 10.9. The van der Waals surface area contributed by atoms with E-state index in [1.54, 1.807) is 18.4 Å². The number of nitrogens with zero attached hydrogens (tertiary/aromatic N) is 3. The number of alkyl carbamates (subject to hydrolysis) is 1. The van der Waals surface area contributed by atoms with E-state index in [4.69, 9.17) is 4.74 Å². The number of ether oxygens (including phenoxy) is 1. The van der Waals surface area contributed by atoms with Gasteiger partial charge in [0.15, 0.2) is 5.96 Å². The first-order chi connectivity index (χ1) is 12.1. The number of hydrogen-bond acceptors (Lipinski definition) is 5. The number of amides is 1. The van der Waals surface area contributed by atoms with Crippen molar-refractivity contribution in [2.24, 2.45) is 4.99 Å². The Morgan fingerprint density at radius 3 is 2.59 bits per heavy atom. The molecule has 1 aromatic heterocycles. The molecule has 27 heavy (non-hydrogen) atoms. The van der Waals surface area contributed by atoms with Gasteiger partial charge in [-0.05, 0) is 34.1 Å². The average molecular weight is 511 g/mol. The molecule has 0 fully saturated rings. The van der Waals surface area contributed by atoms with Crippen molar-refractivity contribution in [2.45, 2.75) is 65.6 Å². The van der Waals surface area contributed by atoms with Gasteiger partial charge in [-0.2, -0.15) is 0 Å². The van der Waals surface area contributed by atoms with Gasteiger partial charge in [-0.25, -0.2) is 9.78 Å². The Balaban J connectivity index is 0.00000676. The van der Waals surface area contributed by atoms with Gasteiger partial charge in [-0.15, -0.1) is 35.3 Å². The van der Waals surface area contributed by atoms with E-state index in [1.165, 1.54) is 0 Å². The van der Waals surface area contributed by atoms with E-state index < -0.39 is 5.60 Å². The van der Waals surface area contributed by atoms with E-state index in [0.29, 0.717) is 13.1 Å². The van der Waals surface area contributed by atoms with Gasteiger partial charge >= 0.3 is 6.09 Å². The number of carbonyl (C=O) groups excluding carboxylic acids is 1. The molecule has 0 aliphatic heterocycles. The highest BCUT2D eigenvalue weighted by atomic mass is 127. The fourth-order valence-corrected chi connectivity index (χ4v) is 3.05. The second-order valence-electron chi connectivity index (χ2n) is 7.27. The summed E-state index contributed by atoms with van der Waals surface area (Å²) < 4.78 is 5.35.